The number of fused-ring (bicyclic) bond motifs is 5. The summed E-state index contributed by atoms with van der Waals surface area (Å²) in [7, 11) is 0. The van der Waals surface area contributed by atoms with Gasteiger partial charge in [0.15, 0.2) is 0 Å². The van der Waals surface area contributed by atoms with Gasteiger partial charge in [0.1, 0.15) is 11.9 Å². The highest BCUT2D eigenvalue weighted by Gasteiger charge is 2.66. The number of allylic oxidation sites excluding steroid dienone is 1. The number of rotatable bonds is 8. The molecule has 35 heavy (non-hydrogen) atoms. The molecule has 1 aromatic rings. The molecule has 3 aliphatic carbocycles. The average Bonchev–Trinajstić information content (AvgIpc) is 3.03. The lowest BCUT2D eigenvalue weighted by molar-refractivity contribution is -0.205. The second-order valence-corrected chi connectivity index (χ2v) is 12.0. The number of benzene rings is 1. The van der Waals surface area contributed by atoms with Crippen LogP contribution in [0.1, 0.15) is 95.1 Å². The van der Waals surface area contributed by atoms with Crippen molar-refractivity contribution in [2.45, 2.75) is 108 Å². The van der Waals surface area contributed by atoms with E-state index in [0.29, 0.717) is 24.7 Å². The van der Waals surface area contributed by atoms with Gasteiger partial charge in [-0.1, -0.05) is 44.7 Å². The summed E-state index contributed by atoms with van der Waals surface area (Å²) in [6, 6.07) is 5.75. The predicted octanol–water partition coefficient (Wildman–Crippen LogP) is 7.05. The molecular formula is C29H41F3O3. The van der Waals surface area contributed by atoms with Crippen LogP contribution in [0.25, 0.3) is 0 Å². The molecule has 0 saturated heterocycles. The van der Waals surface area contributed by atoms with Crippen LogP contribution in [0.3, 0.4) is 0 Å². The van der Waals surface area contributed by atoms with Gasteiger partial charge in [0.2, 0.25) is 0 Å². The number of unbranched alkanes of at least 4 members (excludes halogenated alkanes) is 3. The SMILES string of the molecule is C=CC12CCc3cc(O)ccc3[C@H]1[C@@H](CCCCCC[C@@H](O)C(F)(F)F)C[C@@]1(C)[C@H]2CC[C@]1(C)O. The molecule has 2 fully saturated rings. The standard InChI is InChI=1S/C29H41F3O3/c1-4-28-16-13-19-17-21(33)11-12-22(19)25(28)20(18-26(2)23(28)14-15-27(26,3)35)9-7-5-6-8-10-24(34)29(30,31)32/h4,11-12,17,20,23-25,33-35H,1,5-10,13-16,18H2,2-3H3/t20-,23+,24+,25+,26-,27-,28?/m0/s1. The molecule has 3 N–H and O–H groups in total. The van der Waals surface area contributed by atoms with Crippen molar-refractivity contribution in [3.05, 3.63) is 42.0 Å². The zero-order valence-electron chi connectivity index (χ0n) is 21.1. The molecule has 196 valence electrons. The van der Waals surface area contributed by atoms with Gasteiger partial charge in [-0.05, 0) is 104 Å². The molecule has 1 unspecified atom stereocenters. The van der Waals surface area contributed by atoms with Crippen molar-refractivity contribution in [3.63, 3.8) is 0 Å². The van der Waals surface area contributed by atoms with Crippen LogP contribution in [-0.4, -0.2) is 33.2 Å². The summed E-state index contributed by atoms with van der Waals surface area (Å²) in [6.45, 7) is 8.58. The highest BCUT2D eigenvalue weighted by molar-refractivity contribution is 5.43. The molecular weight excluding hydrogens is 453 g/mol. The third-order valence-electron chi connectivity index (χ3n) is 10.2. The van der Waals surface area contributed by atoms with Crippen LogP contribution in [0.5, 0.6) is 5.75 Å². The first-order valence-electron chi connectivity index (χ1n) is 13.3. The number of alkyl halides is 3. The van der Waals surface area contributed by atoms with Crippen LogP contribution in [0, 0.1) is 22.7 Å². The minimum Gasteiger partial charge on any atom is -0.508 e. The topological polar surface area (TPSA) is 60.7 Å². The van der Waals surface area contributed by atoms with Crippen LogP contribution in [-0.2, 0) is 6.42 Å². The summed E-state index contributed by atoms with van der Waals surface area (Å²) in [5.41, 5.74) is 1.43. The van der Waals surface area contributed by atoms with E-state index >= 15 is 0 Å². The second kappa shape index (κ2) is 9.41. The smallest absolute Gasteiger partial charge is 0.414 e. The van der Waals surface area contributed by atoms with E-state index < -0.39 is 17.9 Å². The number of aliphatic hydroxyl groups excluding tert-OH is 1. The number of aromatic hydroxyl groups is 1. The van der Waals surface area contributed by atoms with Gasteiger partial charge < -0.3 is 15.3 Å². The minimum atomic E-state index is -4.54. The molecule has 7 atom stereocenters. The number of aryl methyl sites for hydroxylation is 1. The van der Waals surface area contributed by atoms with E-state index in [1.165, 1.54) is 11.1 Å². The molecule has 0 amide bonds. The van der Waals surface area contributed by atoms with Gasteiger partial charge in [0.25, 0.3) is 0 Å². The zero-order valence-corrected chi connectivity index (χ0v) is 21.1. The third-order valence-corrected chi connectivity index (χ3v) is 10.2. The van der Waals surface area contributed by atoms with Gasteiger partial charge in [-0.2, -0.15) is 13.2 Å². The summed E-state index contributed by atoms with van der Waals surface area (Å²) in [5, 5.41) is 30.8. The summed E-state index contributed by atoms with van der Waals surface area (Å²) in [4.78, 5) is 0. The molecule has 0 bridgehead atoms. The fourth-order valence-electron chi connectivity index (χ4n) is 8.18. The highest BCUT2D eigenvalue weighted by atomic mass is 19.4. The lowest BCUT2D eigenvalue weighted by Gasteiger charge is -2.61. The Kier molecular flexibility index (Phi) is 7.13. The predicted molar refractivity (Wildman–Crippen MR) is 131 cm³/mol. The van der Waals surface area contributed by atoms with Crippen molar-refractivity contribution in [2.75, 3.05) is 0 Å². The van der Waals surface area contributed by atoms with E-state index in [1.54, 1.807) is 6.07 Å². The molecule has 4 rings (SSSR count). The molecule has 0 aliphatic heterocycles. The Morgan fingerprint density at radius 2 is 1.86 bits per heavy atom. The monoisotopic (exact) mass is 494 g/mol. The molecule has 1 aromatic carbocycles. The average molecular weight is 495 g/mol. The molecule has 3 nitrogen and oxygen atoms in total. The van der Waals surface area contributed by atoms with Crippen molar-refractivity contribution in [2.24, 2.45) is 22.7 Å². The van der Waals surface area contributed by atoms with Gasteiger partial charge in [-0.25, -0.2) is 0 Å². The van der Waals surface area contributed by atoms with Crippen molar-refractivity contribution in [3.8, 4) is 5.75 Å². The maximum absolute atomic E-state index is 12.6. The summed E-state index contributed by atoms with van der Waals surface area (Å²) in [6.07, 6.45) is 3.39. The van der Waals surface area contributed by atoms with E-state index in [9.17, 15) is 28.5 Å². The quantitative estimate of drug-likeness (QED) is 0.268. The lowest BCUT2D eigenvalue weighted by atomic mass is 9.43. The molecule has 6 heteroatoms. The first-order chi connectivity index (χ1) is 16.4. The Hall–Kier alpha value is -1.53. The molecule has 0 heterocycles. The molecule has 0 spiro atoms. The van der Waals surface area contributed by atoms with Crippen molar-refractivity contribution in [1.29, 1.82) is 0 Å². The van der Waals surface area contributed by atoms with Crippen LogP contribution in [0.4, 0.5) is 13.2 Å². The number of hydrogen-bond donors (Lipinski definition) is 3. The van der Waals surface area contributed by atoms with Crippen molar-refractivity contribution < 1.29 is 28.5 Å². The fourth-order valence-corrected chi connectivity index (χ4v) is 8.18. The lowest BCUT2D eigenvalue weighted by Crippen LogP contribution is -2.56. The van der Waals surface area contributed by atoms with Crippen LogP contribution >= 0.6 is 0 Å². The van der Waals surface area contributed by atoms with E-state index in [4.69, 9.17) is 0 Å². The Morgan fingerprint density at radius 1 is 1.14 bits per heavy atom. The number of aliphatic hydroxyl groups is 2. The van der Waals surface area contributed by atoms with Crippen molar-refractivity contribution >= 4 is 0 Å². The molecule has 3 aliphatic rings. The Bertz CT molecular complexity index is 926. The second-order valence-electron chi connectivity index (χ2n) is 12.0. The zero-order chi connectivity index (χ0) is 25.6. The Labute approximate surface area is 207 Å². The van der Waals surface area contributed by atoms with E-state index in [-0.39, 0.29) is 28.9 Å². The number of halogens is 3. The van der Waals surface area contributed by atoms with Gasteiger partial charge in [0.05, 0.1) is 5.60 Å². The van der Waals surface area contributed by atoms with E-state index in [2.05, 4.69) is 25.6 Å². The van der Waals surface area contributed by atoms with Crippen molar-refractivity contribution in [1.82, 2.24) is 0 Å². The number of phenolic OH excluding ortho intramolecular Hbond substituents is 1. The highest BCUT2D eigenvalue weighted by Crippen LogP contribution is 2.71. The molecule has 2 saturated carbocycles. The Morgan fingerprint density at radius 3 is 2.54 bits per heavy atom. The summed E-state index contributed by atoms with van der Waals surface area (Å²) < 4.78 is 37.7. The first-order valence-corrected chi connectivity index (χ1v) is 13.3. The largest absolute Gasteiger partial charge is 0.508 e. The van der Waals surface area contributed by atoms with Gasteiger partial charge in [-0.3, -0.25) is 0 Å². The summed E-state index contributed by atoms with van der Waals surface area (Å²) >= 11 is 0. The summed E-state index contributed by atoms with van der Waals surface area (Å²) in [5.74, 6) is 1.22. The molecule has 0 aromatic heterocycles. The third kappa shape index (κ3) is 4.54. The molecule has 0 radical (unpaired) electrons. The number of hydrogen-bond acceptors (Lipinski definition) is 3. The van der Waals surface area contributed by atoms with Gasteiger partial charge >= 0.3 is 6.18 Å². The van der Waals surface area contributed by atoms with E-state index in [1.807, 2.05) is 13.0 Å². The minimum absolute atomic E-state index is 0.112. The normalized spacial score (nSPS) is 37.3. The fraction of sp³-hybridized carbons (Fsp3) is 0.724. The van der Waals surface area contributed by atoms with E-state index in [0.717, 1.165) is 51.4 Å². The maximum atomic E-state index is 12.6. The maximum Gasteiger partial charge on any atom is 0.414 e. The van der Waals surface area contributed by atoms with Crippen LogP contribution in [0.15, 0.2) is 30.9 Å². The van der Waals surface area contributed by atoms with Crippen LogP contribution in [0.2, 0.25) is 0 Å². The number of phenols is 1. The Balaban J connectivity index is 1.54. The van der Waals surface area contributed by atoms with Crippen LogP contribution < -0.4 is 0 Å². The first kappa shape index (κ1) is 26.5. The van der Waals surface area contributed by atoms with Gasteiger partial charge in [0, 0.05) is 0 Å². The van der Waals surface area contributed by atoms with Gasteiger partial charge in [-0.15, -0.1) is 6.58 Å².